The molecule has 0 unspecified atom stereocenters. The summed E-state index contributed by atoms with van der Waals surface area (Å²) in [5.74, 6) is -0.707. The molecule has 2 atom stereocenters. The van der Waals surface area contributed by atoms with Crippen molar-refractivity contribution in [1.29, 1.82) is 0 Å². The maximum Gasteiger partial charge on any atom is 0.135 e. The molecule has 2 bridgehead atoms. The molecule has 4 heteroatoms. The van der Waals surface area contributed by atoms with Gasteiger partial charge in [-0.05, 0) is 48.9 Å². The Morgan fingerprint density at radius 3 is 2.50 bits per heavy atom. The van der Waals surface area contributed by atoms with Crippen molar-refractivity contribution in [2.24, 2.45) is 0 Å². The average Bonchev–Trinajstić information content (AvgIpc) is 3.04. The molecule has 0 aliphatic heterocycles. The quantitative estimate of drug-likeness (QED) is 0.742. The average molecular weight is 302 g/mol. The van der Waals surface area contributed by atoms with E-state index in [1.807, 2.05) is 19.9 Å². The van der Waals surface area contributed by atoms with Crippen molar-refractivity contribution in [3.8, 4) is 11.3 Å². The standard InChI is InChI=1S/C16H14F2N2.C2H6/c1-16-6-5-9(8-16)10-7-13(19-20-15(10)16)14-11(17)3-2-4-12(14)18;1-2/h2-4,7,9H,5-6,8H2,1H3;1-2H3/t9-,16+;/m1./s1. The molecule has 1 heterocycles. The Labute approximate surface area is 129 Å². The van der Waals surface area contributed by atoms with Gasteiger partial charge in [0.15, 0.2) is 0 Å². The summed E-state index contributed by atoms with van der Waals surface area (Å²) < 4.78 is 27.7. The Bertz CT molecular complexity index is 694. The van der Waals surface area contributed by atoms with Crippen LogP contribution in [0.25, 0.3) is 11.3 Å². The first-order valence-corrected chi connectivity index (χ1v) is 7.91. The molecule has 1 fully saturated rings. The topological polar surface area (TPSA) is 25.8 Å². The van der Waals surface area contributed by atoms with Crippen LogP contribution in [0.2, 0.25) is 0 Å². The lowest BCUT2D eigenvalue weighted by molar-refractivity contribution is 0.484. The SMILES string of the molecule is CC.C[C@]12CC[C@H](C1)c1cc(-c3c(F)cccc3F)nnc12. The number of fused-ring (bicyclic) bond motifs is 5. The molecule has 2 aliphatic rings. The molecule has 1 aromatic heterocycles. The summed E-state index contributed by atoms with van der Waals surface area (Å²) >= 11 is 0. The summed E-state index contributed by atoms with van der Waals surface area (Å²) in [5, 5.41) is 8.37. The second-order valence-corrected chi connectivity index (χ2v) is 6.13. The lowest BCUT2D eigenvalue weighted by Crippen LogP contribution is -2.18. The summed E-state index contributed by atoms with van der Waals surface area (Å²) in [7, 11) is 0. The minimum atomic E-state index is -0.589. The van der Waals surface area contributed by atoms with Crippen molar-refractivity contribution in [3.63, 3.8) is 0 Å². The Morgan fingerprint density at radius 1 is 1.14 bits per heavy atom. The van der Waals surface area contributed by atoms with Gasteiger partial charge in [0.05, 0.1) is 17.0 Å². The predicted molar refractivity (Wildman–Crippen MR) is 82.7 cm³/mol. The van der Waals surface area contributed by atoms with Crippen LogP contribution in [-0.4, -0.2) is 10.2 Å². The van der Waals surface area contributed by atoms with Crippen LogP contribution in [0.1, 0.15) is 57.2 Å². The molecular formula is C18H20F2N2. The fraction of sp³-hybridized carbons (Fsp3) is 0.444. The molecular weight excluding hydrogens is 282 g/mol. The molecule has 1 saturated carbocycles. The van der Waals surface area contributed by atoms with E-state index in [2.05, 4.69) is 17.1 Å². The van der Waals surface area contributed by atoms with Gasteiger partial charge in [-0.2, -0.15) is 10.2 Å². The molecule has 0 N–H and O–H groups in total. The fourth-order valence-electron chi connectivity index (χ4n) is 3.77. The van der Waals surface area contributed by atoms with Crippen LogP contribution < -0.4 is 0 Å². The minimum Gasteiger partial charge on any atom is -0.206 e. The van der Waals surface area contributed by atoms with Gasteiger partial charge in [-0.1, -0.05) is 26.8 Å². The number of nitrogens with zero attached hydrogens (tertiary/aromatic N) is 2. The van der Waals surface area contributed by atoms with Gasteiger partial charge in [-0.25, -0.2) is 8.78 Å². The molecule has 2 nitrogen and oxygen atoms in total. The van der Waals surface area contributed by atoms with Crippen LogP contribution in [0.4, 0.5) is 8.78 Å². The van der Waals surface area contributed by atoms with E-state index < -0.39 is 11.6 Å². The number of hydrogen-bond acceptors (Lipinski definition) is 2. The summed E-state index contributed by atoms with van der Waals surface area (Å²) in [6, 6.07) is 5.69. The molecule has 2 aliphatic carbocycles. The lowest BCUT2D eigenvalue weighted by Gasteiger charge is -2.22. The van der Waals surface area contributed by atoms with Gasteiger partial charge in [-0.3, -0.25) is 0 Å². The number of rotatable bonds is 1. The van der Waals surface area contributed by atoms with Gasteiger partial charge in [0, 0.05) is 5.41 Å². The van der Waals surface area contributed by atoms with Crippen LogP contribution >= 0.6 is 0 Å². The van der Waals surface area contributed by atoms with Crippen molar-refractivity contribution in [2.75, 3.05) is 0 Å². The van der Waals surface area contributed by atoms with Crippen molar-refractivity contribution in [3.05, 3.63) is 47.2 Å². The molecule has 0 spiro atoms. The first-order chi connectivity index (χ1) is 10.6. The second-order valence-electron chi connectivity index (χ2n) is 6.13. The van der Waals surface area contributed by atoms with E-state index in [1.54, 1.807) is 0 Å². The first-order valence-electron chi connectivity index (χ1n) is 7.91. The van der Waals surface area contributed by atoms with E-state index >= 15 is 0 Å². The summed E-state index contributed by atoms with van der Waals surface area (Å²) in [6.45, 7) is 6.21. The zero-order valence-corrected chi connectivity index (χ0v) is 13.2. The maximum atomic E-state index is 13.8. The highest BCUT2D eigenvalue weighted by molar-refractivity contribution is 5.62. The van der Waals surface area contributed by atoms with Gasteiger partial charge in [0.25, 0.3) is 0 Å². The molecule has 22 heavy (non-hydrogen) atoms. The number of benzene rings is 1. The van der Waals surface area contributed by atoms with Gasteiger partial charge in [-0.15, -0.1) is 0 Å². The number of halogens is 2. The third kappa shape index (κ3) is 2.13. The number of aromatic nitrogens is 2. The fourth-order valence-corrected chi connectivity index (χ4v) is 3.77. The van der Waals surface area contributed by atoms with E-state index in [1.165, 1.54) is 18.2 Å². The largest absolute Gasteiger partial charge is 0.206 e. The smallest absolute Gasteiger partial charge is 0.135 e. The van der Waals surface area contributed by atoms with Crippen LogP contribution in [0.3, 0.4) is 0 Å². The summed E-state index contributed by atoms with van der Waals surface area (Å²) in [4.78, 5) is 0. The van der Waals surface area contributed by atoms with Gasteiger partial charge in [0.1, 0.15) is 11.6 Å². The van der Waals surface area contributed by atoms with E-state index in [-0.39, 0.29) is 11.0 Å². The van der Waals surface area contributed by atoms with E-state index in [0.717, 1.165) is 30.5 Å². The van der Waals surface area contributed by atoms with Crippen LogP contribution in [0, 0.1) is 11.6 Å². The highest BCUT2D eigenvalue weighted by Crippen LogP contribution is 2.56. The monoisotopic (exact) mass is 302 g/mol. The Balaban J connectivity index is 0.000000693. The first kappa shape index (κ1) is 15.1. The van der Waals surface area contributed by atoms with E-state index in [9.17, 15) is 8.78 Å². The Morgan fingerprint density at radius 2 is 1.82 bits per heavy atom. The third-order valence-corrected chi connectivity index (χ3v) is 4.80. The van der Waals surface area contributed by atoms with Crippen LogP contribution in [0.5, 0.6) is 0 Å². The zero-order chi connectivity index (χ0) is 15.9. The molecule has 1 aromatic carbocycles. The third-order valence-electron chi connectivity index (χ3n) is 4.80. The summed E-state index contributed by atoms with van der Waals surface area (Å²) in [5.41, 5.74) is 2.49. The van der Waals surface area contributed by atoms with Gasteiger partial charge in [0.2, 0.25) is 0 Å². The Hall–Kier alpha value is -1.84. The molecule has 0 radical (unpaired) electrons. The predicted octanol–water partition coefficient (Wildman–Crippen LogP) is 4.99. The van der Waals surface area contributed by atoms with Crippen molar-refractivity contribution >= 4 is 0 Å². The van der Waals surface area contributed by atoms with Crippen molar-refractivity contribution in [2.45, 2.75) is 51.4 Å². The van der Waals surface area contributed by atoms with E-state index in [4.69, 9.17) is 0 Å². The normalized spacial score (nSPS) is 24.7. The maximum absolute atomic E-state index is 13.8. The molecule has 2 aromatic rings. The van der Waals surface area contributed by atoms with Crippen molar-refractivity contribution in [1.82, 2.24) is 10.2 Å². The summed E-state index contributed by atoms with van der Waals surface area (Å²) in [6.07, 6.45) is 3.35. The van der Waals surface area contributed by atoms with Crippen molar-refractivity contribution < 1.29 is 8.78 Å². The van der Waals surface area contributed by atoms with Crippen LogP contribution in [-0.2, 0) is 5.41 Å². The highest BCUT2D eigenvalue weighted by Gasteiger charge is 2.47. The van der Waals surface area contributed by atoms with Gasteiger partial charge >= 0.3 is 0 Å². The molecule has 4 rings (SSSR count). The second kappa shape index (κ2) is 5.41. The Kier molecular flexibility index (Phi) is 3.71. The lowest BCUT2D eigenvalue weighted by atomic mass is 9.85. The number of hydrogen-bond donors (Lipinski definition) is 0. The minimum absolute atomic E-state index is 0.0734. The van der Waals surface area contributed by atoms with Crippen LogP contribution in [0.15, 0.2) is 24.3 Å². The molecule has 0 amide bonds. The molecule has 0 saturated heterocycles. The molecule has 116 valence electrons. The zero-order valence-electron chi connectivity index (χ0n) is 13.2. The van der Waals surface area contributed by atoms with E-state index in [0.29, 0.717) is 11.6 Å². The van der Waals surface area contributed by atoms with Gasteiger partial charge < -0.3 is 0 Å². The highest BCUT2D eigenvalue weighted by atomic mass is 19.1.